The molecule has 19 heavy (non-hydrogen) atoms. The lowest BCUT2D eigenvalue weighted by molar-refractivity contribution is 0.619. The molecule has 0 saturated carbocycles. The van der Waals surface area contributed by atoms with Crippen molar-refractivity contribution in [2.24, 2.45) is 5.11 Å². The number of aromatic nitrogens is 1. The fraction of sp³-hybridized carbons (Fsp3) is 0. The average molecular weight is 315 g/mol. The van der Waals surface area contributed by atoms with Gasteiger partial charge in [-0.25, -0.2) is 4.98 Å². The second kappa shape index (κ2) is 4.76. The third kappa shape index (κ3) is 2.19. The standard InChI is InChI=1S/C13H7BrN4O/c14-10-4-2-1-3-9(10)13-16-11-7-8(17-18-15)5-6-12(11)19-13/h1-7H. The number of hydrogen-bond donors (Lipinski definition) is 0. The maximum atomic E-state index is 8.42. The first-order chi connectivity index (χ1) is 9.28. The van der Waals surface area contributed by atoms with E-state index in [0.717, 1.165) is 10.0 Å². The molecule has 0 N–H and O–H groups in total. The highest BCUT2D eigenvalue weighted by atomic mass is 79.9. The SMILES string of the molecule is [N-]=[N+]=Nc1ccc2oc(-c3ccccc3Br)nc2c1. The van der Waals surface area contributed by atoms with Gasteiger partial charge < -0.3 is 4.42 Å². The van der Waals surface area contributed by atoms with Crippen LogP contribution in [-0.4, -0.2) is 4.98 Å². The summed E-state index contributed by atoms with van der Waals surface area (Å²) in [4.78, 5) is 7.16. The molecular formula is C13H7BrN4O. The van der Waals surface area contributed by atoms with E-state index in [1.54, 1.807) is 18.2 Å². The molecule has 0 saturated heterocycles. The number of nitrogens with zero attached hydrogens (tertiary/aromatic N) is 4. The monoisotopic (exact) mass is 314 g/mol. The van der Waals surface area contributed by atoms with Gasteiger partial charge in [-0.05, 0) is 51.8 Å². The van der Waals surface area contributed by atoms with Gasteiger partial charge in [0.1, 0.15) is 5.52 Å². The smallest absolute Gasteiger partial charge is 0.228 e. The van der Waals surface area contributed by atoms with Crippen LogP contribution in [0.3, 0.4) is 0 Å². The molecule has 92 valence electrons. The molecule has 0 bridgehead atoms. The van der Waals surface area contributed by atoms with Gasteiger partial charge in [-0.3, -0.25) is 0 Å². The Balaban J connectivity index is 2.17. The van der Waals surface area contributed by atoms with Crippen molar-refractivity contribution < 1.29 is 4.42 Å². The van der Waals surface area contributed by atoms with Crippen LogP contribution in [-0.2, 0) is 0 Å². The lowest BCUT2D eigenvalue weighted by Crippen LogP contribution is -1.78. The molecule has 1 heterocycles. The minimum absolute atomic E-state index is 0.516. The molecular weight excluding hydrogens is 308 g/mol. The first-order valence-electron chi connectivity index (χ1n) is 5.48. The Morgan fingerprint density at radius 1 is 1.21 bits per heavy atom. The second-order valence-electron chi connectivity index (χ2n) is 3.84. The molecule has 0 aliphatic heterocycles. The Kier molecular flexibility index (Phi) is 2.95. The van der Waals surface area contributed by atoms with E-state index in [9.17, 15) is 0 Å². The minimum Gasteiger partial charge on any atom is -0.436 e. The summed E-state index contributed by atoms with van der Waals surface area (Å²) in [5.41, 5.74) is 11.1. The van der Waals surface area contributed by atoms with E-state index in [1.807, 2.05) is 24.3 Å². The molecule has 0 aliphatic carbocycles. The molecule has 3 aromatic rings. The first kappa shape index (κ1) is 11.8. The van der Waals surface area contributed by atoms with E-state index in [-0.39, 0.29) is 0 Å². The molecule has 0 unspecified atom stereocenters. The molecule has 2 aromatic carbocycles. The lowest BCUT2D eigenvalue weighted by atomic mass is 10.2. The van der Waals surface area contributed by atoms with Crippen molar-refractivity contribution in [3.63, 3.8) is 0 Å². The summed E-state index contributed by atoms with van der Waals surface area (Å²) >= 11 is 3.46. The van der Waals surface area contributed by atoms with E-state index in [4.69, 9.17) is 9.95 Å². The normalized spacial score (nSPS) is 10.4. The van der Waals surface area contributed by atoms with Crippen molar-refractivity contribution in [2.45, 2.75) is 0 Å². The predicted octanol–water partition coefficient (Wildman–Crippen LogP) is 5.20. The predicted molar refractivity (Wildman–Crippen MR) is 76.0 cm³/mol. The van der Waals surface area contributed by atoms with Crippen LogP contribution in [0.2, 0.25) is 0 Å². The van der Waals surface area contributed by atoms with Crippen molar-refractivity contribution in [1.82, 2.24) is 4.98 Å². The quantitative estimate of drug-likeness (QED) is 0.370. The fourth-order valence-corrected chi connectivity index (χ4v) is 2.23. The number of benzene rings is 2. The third-order valence-electron chi connectivity index (χ3n) is 2.64. The largest absolute Gasteiger partial charge is 0.436 e. The summed E-state index contributed by atoms with van der Waals surface area (Å²) in [5, 5.41) is 3.55. The Morgan fingerprint density at radius 3 is 2.84 bits per heavy atom. The van der Waals surface area contributed by atoms with E-state index in [0.29, 0.717) is 22.7 Å². The number of halogens is 1. The van der Waals surface area contributed by atoms with Crippen LogP contribution in [0.15, 0.2) is 56.5 Å². The summed E-state index contributed by atoms with van der Waals surface area (Å²) in [7, 11) is 0. The van der Waals surface area contributed by atoms with E-state index >= 15 is 0 Å². The highest BCUT2D eigenvalue weighted by molar-refractivity contribution is 9.10. The van der Waals surface area contributed by atoms with Crippen molar-refractivity contribution in [3.8, 4) is 11.5 Å². The molecule has 3 rings (SSSR count). The Hall–Kier alpha value is -2.30. The molecule has 0 atom stereocenters. The highest BCUT2D eigenvalue weighted by Gasteiger charge is 2.10. The van der Waals surface area contributed by atoms with E-state index < -0.39 is 0 Å². The zero-order chi connectivity index (χ0) is 13.2. The van der Waals surface area contributed by atoms with Crippen LogP contribution in [0.25, 0.3) is 33.0 Å². The van der Waals surface area contributed by atoms with Crippen LogP contribution in [0.1, 0.15) is 0 Å². The summed E-state index contributed by atoms with van der Waals surface area (Å²) in [6.07, 6.45) is 0. The van der Waals surface area contributed by atoms with Crippen LogP contribution in [0.5, 0.6) is 0 Å². The number of azide groups is 1. The highest BCUT2D eigenvalue weighted by Crippen LogP contribution is 2.31. The summed E-state index contributed by atoms with van der Waals surface area (Å²) in [6, 6.07) is 12.8. The number of hydrogen-bond acceptors (Lipinski definition) is 3. The molecule has 0 radical (unpaired) electrons. The number of oxazole rings is 1. The lowest BCUT2D eigenvalue weighted by Gasteiger charge is -1.97. The third-order valence-corrected chi connectivity index (χ3v) is 3.33. The molecule has 5 nitrogen and oxygen atoms in total. The number of fused-ring (bicyclic) bond motifs is 1. The van der Waals surface area contributed by atoms with Crippen LogP contribution in [0, 0.1) is 0 Å². The van der Waals surface area contributed by atoms with Gasteiger partial charge in [-0.1, -0.05) is 17.2 Å². The average Bonchev–Trinajstić information content (AvgIpc) is 2.82. The minimum atomic E-state index is 0.516. The van der Waals surface area contributed by atoms with Gasteiger partial charge in [0, 0.05) is 15.1 Å². The van der Waals surface area contributed by atoms with E-state index in [2.05, 4.69) is 30.9 Å². The Labute approximate surface area is 116 Å². The van der Waals surface area contributed by atoms with Gasteiger partial charge in [0.15, 0.2) is 5.58 Å². The molecule has 1 aromatic heterocycles. The van der Waals surface area contributed by atoms with Gasteiger partial charge in [0.25, 0.3) is 0 Å². The summed E-state index contributed by atoms with van der Waals surface area (Å²) in [5.74, 6) is 0.528. The van der Waals surface area contributed by atoms with Gasteiger partial charge in [-0.2, -0.15) is 0 Å². The maximum Gasteiger partial charge on any atom is 0.228 e. The fourth-order valence-electron chi connectivity index (χ4n) is 1.78. The van der Waals surface area contributed by atoms with Gasteiger partial charge >= 0.3 is 0 Å². The molecule has 0 fully saturated rings. The van der Waals surface area contributed by atoms with Gasteiger partial charge in [0.05, 0.1) is 5.56 Å². The summed E-state index contributed by atoms with van der Waals surface area (Å²) in [6.45, 7) is 0. The van der Waals surface area contributed by atoms with Crippen molar-refractivity contribution in [1.29, 1.82) is 0 Å². The number of rotatable bonds is 2. The van der Waals surface area contributed by atoms with Crippen molar-refractivity contribution in [2.75, 3.05) is 0 Å². The van der Waals surface area contributed by atoms with Crippen LogP contribution < -0.4 is 0 Å². The summed E-state index contributed by atoms with van der Waals surface area (Å²) < 4.78 is 6.61. The van der Waals surface area contributed by atoms with Gasteiger partial charge in [0.2, 0.25) is 5.89 Å². The zero-order valence-corrected chi connectivity index (χ0v) is 11.2. The van der Waals surface area contributed by atoms with Crippen molar-refractivity contribution in [3.05, 3.63) is 57.4 Å². The molecule has 0 spiro atoms. The topological polar surface area (TPSA) is 74.8 Å². The Morgan fingerprint density at radius 2 is 2.05 bits per heavy atom. The Bertz CT molecular complexity index is 805. The second-order valence-corrected chi connectivity index (χ2v) is 4.69. The first-order valence-corrected chi connectivity index (χ1v) is 6.28. The van der Waals surface area contributed by atoms with Crippen LogP contribution >= 0.6 is 15.9 Å². The molecule has 0 aliphatic rings. The van der Waals surface area contributed by atoms with Crippen LogP contribution in [0.4, 0.5) is 5.69 Å². The maximum absolute atomic E-state index is 8.42. The van der Waals surface area contributed by atoms with Gasteiger partial charge in [-0.15, -0.1) is 0 Å². The van der Waals surface area contributed by atoms with E-state index in [1.165, 1.54) is 0 Å². The van der Waals surface area contributed by atoms with Crippen molar-refractivity contribution >= 4 is 32.7 Å². The zero-order valence-electron chi connectivity index (χ0n) is 9.62. The molecule has 0 amide bonds. The molecule has 6 heteroatoms.